The van der Waals surface area contributed by atoms with Crippen molar-refractivity contribution in [1.29, 1.82) is 0 Å². The fourth-order valence-electron chi connectivity index (χ4n) is 0.932. The highest BCUT2D eigenvalue weighted by atomic mass is 16.3. The van der Waals surface area contributed by atoms with E-state index >= 15 is 0 Å². The van der Waals surface area contributed by atoms with Crippen molar-refractivity contribution in [2.24, 2.45) is 5.92 Å². The van der Waals surface area contributed by atoms with Crippen LogP contribution in [0, 0.1) is 5.92 Å². The van der Waals surface area contributed by atoms with Crippen molar-refractivity contribution < 1.29 is 9.90 Å². The van der Waals surface area contributed by atoms with Crippen molar-refractivity contribution in [3.8, 4) is 0 Å². The molecule has 52 valence electrons. The van der Waals surface area contributed by atoms with E-state index in [0.29, 0.717) is 5.57 Å². The molecule has 0 aromatic heterocycles. The van der Waals surface area contributed by atoms with Crippen molar-refractivity contribution in [3.05, 3.63) is 36.6 Å². The Kier molecular flexibility index (Phi) is 1.45. The SMILES string of the molecule is C=CC1=C(O)C(C=C)C1=O. The molecule has 0 aromatic carbocycles. The predicted molar refractivity (Wildman–Crippen MR) is 38.5 cm³/mol. The summed E-state index contributed by atoms with van der Waals surface area (Å²) in [6.07, 6.45) is 2.78. The molecule has 1 atom stereocenters. The van der Waals surface area contributed by atoms with Crippen LogP contribution in [0.4, 0.5) is 0 Å². The van der Waals surface area contributed by atoms with Crippen LogP contribution in [0.1, 0.15) is 0 Å². The van der Waals surface area contributed by atoms with E-state index in [0.717, 1.165) is 0 Å². The summed E-state index contributed by atoms with van der Waals surface area (Å²) in [5, 5.41) is 9.05. The monoisotopic (exact) mass is 136 g/mol. The molecule has 0 heterocycles. The molecule has 0 amide bonds. The van der Waals surface area contributed by atoms with Gasteiger partial charge >= 0.3 is 0 Å². The minimum Gasteiger partial charge on any atom is -0.510 e. The van der Waals surface area contributed by atoms with E-state index in [1.165, 1.54) is 12.2 Å². The summed E-state index contributed by atoms with van der Waals surface area (Å²) in [5.74, 6) is -0.481. The lowest BCUT2D eigenvalue weighted by atomic mass is 9.82. The molecular formula is C8H8O2. The largest absolute Gasteiger partial charge is 0.510 e. The summed E-state index contributed by atoms with van der Waals surface area (Å²) in [6, 6.07) is 0. The number of aliphatic hydroxyl groups is 1. The fraction of sp³-hybridized carbons (Fsp3) is 0.125. The first-order chi connectivity index (χ1) is 4.72. The van der Waals surface area contributed by atoms with Crippen molar-refractivity contribution in [1.82, 2.24) is 0 Å². The minimum atomic E-state index is -0.479. The van der Waals surface area contributed by atoms with Crippen molar-refractivity contribution in [2.75, 3.05) is 0 Å². The number of hydrogen-bond acceptors (Lipinski definition) is 2. The van der Waals surface area contributed by atoms with E-state index in [2.05, 4.69) is 13.2 Å². The Hall–Kier alpha value is -1.31. The summed E-state index contributed by atoms with van der Waals surface area (Å²) in [5.41, 5.74) is 0.324. The zero-order valence-corrected chi connectivity index (χ0v) is 5.50. The summed E-state index contributed by atoms with van der Waals surface area (Å²) in [6.45, 7) is 6.78. The van der Waals surface area contributed by atoms with E-state index in [1.54, 1.807) is 0 Å². The van der Waals surface area contributed by atoms with E-state index in [-0.39, 0.29) is 11.5 Å². The summed E-state index contributed by atoms with van der Waals surface area (Å²) >= 11 is 0. The number of carbonyl (C=O) groups is 1. The van der Waals surface area contributed by atoms with Gasteiger partial charge in [0.2, 0.25) is 0 Å². The third kappa shape index (κ3) is 0.620. The molecule has 2 heteroatoms. The number of Topliss-reactive ketones (excluding diaryl/α,β-unsaturated/α-hetero) is 1. The van der Waals surface area contributed by atoms with Gasteiger partial charge in [0.15, 0.2) is 5.78 Å². The van der Waals surface area contributed by atoms with Gasteiger partial charge in [0.25, 0.3) is 0 Å². The second-order valence-electron chi connectivity index (χ2n) is 2.08. The first-order valence-electron chi connectivity index (χ1n) is 2.94. The van der Waals surface area contributed by atoms with Crippen LogP contribution >= 0.6 is 0 Å². The Bertz CT molecular complexity index is 236. The highest BCUT2D eigenvalue weighted by Gasteiger charge is 2.34. The fourth-order valence-corrected chi connectivity index (χ4v) is 0.932. The van der Waals surface area contributed by atoms with Gasteiger partial charge in [0.1, 0.15) is 5.76 Å². The Labute approximate surface area is 59.2 Å². The highest BCUT2D eigenvalue weighted by molar-refractivity contribution is 6.09. The Morgan fingerprint density at radius 3 is 2.40 bits per heavy atom. The molecule has 1 unspecified atom stereocenters. The molecular weight excluding hydrogens is 128 g/mol. The highest BCUT2D eigenvalue weighted by Crippen LogP contribution is 2.29. The van der Waals surface area contributed by atoms with Gasteiger partial charge in [-0.1, -0.05) is 18.7 Å². The third-order valence-corrected chi connectivity index (χ3v) is 1.56. The zero-order chi connectivity index (χ0) is 7.72. The van der Waals surface area contributed by atoms with Gasteiger partial charge in [-0.05, 0) is 0 Å². The molecule has 0 aromatic rings. The molecule has 0 bridgehead atoms. The van der Waals surface area contributed by atoms with Gasteiger partial charge in [-0.25, -0.2) is 0 Å². The predicted octanol–water partition coefficient (Wildman–Crippen LogP) is 1.37. The Morgan fingerprint density at radius 2 is 2.10 bits per heavy atom. The van der Waals surface area contributed by atoms with Crippen LogP contribution in [0.15, 0.2) is 36.6 Å². The van der Waals surface area contributed by atoms with Gasteiger partial charge in [0, 0.05) is 0 Å². The van der Waals surface area contributed by atoms with Crippen LogP contribution in [-0.2, 0) is 4.79 Å². The molecule has 0 saturated carbocycles. The molecule has 0 saturated heterocycles. The quantitative estimate of drug-likeness (QED) is 0.582. The normalized spacial score (nSPS) is 24.0. The first-order valence-corrected chi connectivity index (χ1v) is 2.94. The number of rotatable bonds is 2. The molecule has 0 spiro atoms. The van der Waals surface area contributed by atoms with Crippen LogP contribution in [0.2, 0.25) is 0 Å². The molecule has 1 rings (SSSR count). The molecule has 1 aliphatic carbocycles. The maximum Gasteiger partial charge on any atom is 0.180 e. The number of carbonyl (C=O) groups excluding carboxylic acids is 1. The van der Waals surface area contributed by atoms with Crippen molar-refractivity contribution >= 4 is 5.78 Å². The maximum atomic E-state index is 10.9. The Morgan fingerprint density at radius 1 is 1.50 bits per heavy atom. The molecule has 0 fully saturated rings. The molecule has 1 N–H and O–H groups in total. The molecule has 0 aliphatic heterocycles. The summed E-state index contributed by atoms with van der Waals surface area (Å²) in [7, 11) is 0. The lowest BCUT2D eigenvalue weighted by molar-refractivity contribution is -0.120. The van der Waals surface area contributed by atoms with E-state index in [1.807, 2.05) is 0 Å². The smallest absolute Gasteiger partial charge is 0.180 e. The number of hydrogen-bond donors (Lipinski definition) is 1. The average molecular weight is 136 g/mol. The molecule has 0 radical (unpaired) electrons. The molecule has 2 nitrogen and oxygen atoms in total. The van der Waals surface area contributed by atoms with Crippen LogP contribution < -0.4 is 0 Å². The second kappa shape index (κ2) is 2.14. The van der Waals surface area contributed by atoms with Crippen LogP contribution in [0.3, 0.4) is 0 Å². The van der Waals surface area contributed by atoms with Gasteiger partial charge < -0.3 is 5.11 Å². The number of allylic oxidation sites excluding steroid dienone is 3. The van der Waals surface area contributed by atoms with Crippen LogP contribution in [-0.4, -0.2) is 10.9 Å². The van der Waals surface area contributed by atoms with Gasteiger partial charge in [0.05, 0.1) is 11.5 Å². The van der Waals surface area contributed by atoms with E-state index in [9.17, 15) is 4.79 Å². The standard InChI is InChI=1S/C8H8O2/c1-3-5-7(9)6(4-2)8(5)10/h3-5,9H,1-2H2. The van der Waals surface area contributed by atoms with Gasteiger partial charge in [-0.15, -0.1) is 6.58 Å². The van der Waals surface area contributed by atoms with E-state index < -0.39 is 5.92 Å². The third-order valence-electron chi connectivity index (χ3n) is 1.56. The second-order valence-corrected chi connectivity index (χ2v) is 2.08. The Balaban J connectivity index is 2.97. The maximum absolute atomic E-state index is 10.9. The molecule has 10 heavy (non-hydrogen) atoms. The van der Waals surface area contributed by atoms with E-state index in [4.69, 9.17) is 5.11 Å². The van der Waals surface area contributed by atoms with Crippen LogP contribution in [0.25, 0.3) is 0 Å². The van der Waals surface area contributed by atoms with Crippen LogP contribution in [0.5, 0.6) is 0 Å². The molecule has 1 aliphatic rings. The average Bonchev–Trinajstić information content (AvgIpc) is 1.90. The van der Waals surface area contributed by atoms with Crippen molar-refractivity contribution in [3.63, 3.8) is 0 Å². The lowest BCUT2D eigenvalue weighted by Crippen LogP contribution is -2.28. The summed E-state index contributed by atoms with van der Waals surface area (Å²) < 4.78 is 0. The number of aliphatic hydroxyl groups excluding tert-OH is 1. The lowest BCUT2D eigenvalue weighted by Gasteiger charge is -2.22. The topological polar surface area (TPSA) is 37.3 Å². The minimum absolute atomic E-state index is 0.0926. The zero-order valence-electron chi connectivity index (χ0n) is 5.50. The summed E-state index contributed by atoms with van der Waals surface area (Å²) in [4.78, 5) is 10.9. The van der Waals surface area contributed by atoms with Crippen molar-refractivity contribution in [2.45, 2.75) is 0 Å². The van der Waals surface area contributed by atoms with Gasteiger partial charge in [-0.2, -0.15) is 0 Å². The van der Waals surface area contributed by atoms with Gasteiger partial charge in [-0.3, -0.25) is 4.79 Å². The first kappa shape index (κ1) is 6.81. The number of ketones is 1.